The molecule has 1 unspecified atom stereocenters. The van der Waals surface area contributed by atoms with Crippen LogP contribution in [0.1, 0.15) is 60.8 Å². The summed E-state index contributed by atoms with van der Waals surface area (Å²) in [4.78, 5) is 10.4. The molecule has 1 saturated heterocycles. The molecule has 170 valence electrons. The minimum atomic E-state index is 0.442. The lowest BCUT2D eigenvalue weighted by Crippen LogP contribution is -2.46. The number of aromatic amines is 2. The molecule has 0 radical (unpaired) electrons. The Bertz CT molecular complexity index is 1310. The molecule has 0 bridgehead atoms. The Kier molecular flexibility index (Phi) is 4.66. The van der Waals surface area contributed by atoms with Crippen molar-refractivity contribution in [2.24, 2.45) is 11.8 Å². The molecule has 0 saturated carbocycles. The molecule has 2 aromatic heterocycles. The normalized spacial score (nSPS) is 27.4. The van der Waals surface area contributed by atoms with Crippen LogP contribution in [-0.2, 0) is 12.8 Å². The van der Waals surface area contributed by atoms with Crippen molar-refractivity contribution in [3.8, 4) is 0 Å². The summed E-state index contributed by atoms with van der Waals surface area (Å²) in [5.74, 6) is 1.52. The van der Waals surface area contributed by atoms with Gasteiger partial charge in [-0.1, -0.05) is 49.7 Å². The van der Waals surface area contributed by atoms with E-state index < -0.39 is 0 Å². The van der Waals surface area contributed by atoms with E-state index in [4.69, 9.17) is 0 Å². The summed E-state index contributed by atoms with van der Waals surface area (Å²) in [5.41, 5.74) is 8.70. The molecule has 3 aliphatic rings. The number of nitrogens with one attached hydrogen (secondary N) is 3. The largest absolute Gasteiger partial charge is 0.357 e. The van der Waals surface area contributed by atoms with E-state index in [2.05, 4.69) is 75.6 Å². The summed E-state index contributed by atoms with van der Waals surface area (Å²) in [5, 5.41) is 6.76. The monoisotopic (exact) mass is 438 g/mol. The Morgan fingerprint density at radius 1 is 0.848 bits per heavy atom. The van der Waals surface area contributed by atoms with Gasteiger partial charge >= 0.3 is 0 Å². The highest BCUT2D eigenvalue weighted by Crippen LogP contribution is 2.46. The van der Waals surface area contributed by atoms with Crippen molar-refractivity contribution in [2.75, 3.05) is 19.6 Å². The molecule has 7 rings (SSSR count). The van der Waals surface area contributed by atoms with Gasteiger partial charge in [-0.25, -0.2) is 0 Å². The van der Waals surface area contributed by atoms with E-state index in [0.29, 0.717) is 12.1 Å². The van der Waals surface area contributed by atoms with E-state index in [9.17, 15) is 0 Å². The van der Waals surface area contributed by atoms with Crippen molar-refractivity contribution in [1.29, 1.82) is 0 Å². The number of fused-ring (bicyclic) bond motifs is 8. The molecule has 1 fully saturated rings. The number of hydrogen-bond donors (Lipinski definition) is 3. The zero-order chi connectivity index (χ0) is 21.9. The molecule has 0 spiro atoms. The van der Waals surface area contributed by atoms with Crippen LogP contribution in [0.3, 0.4) is 0 Å². The second-order valence-electron chi connectivity index (χ2n) is 10.5. The average Bonchev–Trinajstić information content (AvgIpc) is 3.43. The fourth-order valence-electron chi connectivity index (χ4n) is 7.30. The number of hydrogen-bond acceptors (Lipinski definition) is 2. The van der Waals surface area contributed by atoms with E-state index in [1.165, 1.54) is 72.0 Å². The SMILES string of the molecule is CCC1CN2CCc3c([nH]c4ccccc34)[C@@H]2C[C@@H]1C[C@@H]1NCCc2c1[nH]c1ccccc21. The second-order valence-corrected chi connectivity index (χ2v) is 10.5. The van der Waals surface area contributed by atoms with Crippen LogP contribution < -0.4 is 5.32 Å². The number of piperidine rings is 1. The topological polar surface area (TPSA) is 46.9 Å². The summed E-state index contributed by atoms with van der Waals surface area (Å²) in [7, 11) is 0. The molecule has 0 aliphatic carbocycles. The van der Waals surface area contributed by atoms with Crippen LogP contribution in [0.15, 0.2) is 48.5 Å². The number of benzene rings is 2. The van der Waals surface area contributed by atoms with Gasteiger partial charge in [-0.05, 0) is 67.3 Å². The maximum atomic E-state index is 3.89. The van der Waals surface area contributed by atoms with Gasteiger partial charge < -0.3 is 15.3 Å². The Morgan fingerprint density at radius 2 is 1.55 bits per heavy atom. The third kappa shape index (κ3) is 3.11. The van der Waals surface area contributed by atoms with E-state index in [0.717, 1.165) is 24.8 Å². The molecule has 3 aliphatic heterocycles. The predicted octanol–water partition coefficient (Wildman–Crippen LogP) is 5.87. The van der Waals surface area contributed by atoms with Crippen LogP contribution in [-0.4, -0.2) is 34.5 Å². The van der Waals surface area contributed by atoms with Gasteiger partial charge in [0.05, 0.1) is 6.04 Å². The van der Waals surface area contributed by atoms with Gasteiger partial charge in [-0.3, -0.25) is 4.90 Å². The third-order valence-corrected chi connectivity index (χ3v) is 8.96. The van der Waals surface area contributed by atoms with Crippen molar-refractivity contribution in [3.63, 3.8) is 0 Å². The minimum absolute atomic E-state index is 0.442. The first-order valence-electron chi connectivity index (χ1n) is 13.0. The smallest absolute Gasteiger partial charge is 0.0504 e. The molecule has 0 amide bonds. The third-order valence-electron chi connectivity index (χ3n) is 8.96. The van der Waals surface area contributed by atoms with E-state index in [-0.39, 0.29) is 0 Å². The summed E-state index contributed by atoms with van der Waals surface area (Å²) >= 11 is 0. The van der Waals surface area contributed by atoms with Crippen molar-refractivity contribution >= 4 is 21.8 Å². The number of para-hydroxylation sites is 2. The quantitative estimate of drug-likeness (QED) is 0.374. The second kappa shape index (κ2) is 7.75. The highest BCUT2D eigenvalue weighted by Gasteiger charge is 2.41. The predicted molar refractivity (Wildman–Crippen MR) is 136 cm³/mol. The fraction of sp³-hybridized carbons (Fsp3) is 0.448. The Labute approximate surface area is 195 Å². The van der Waals surface area contributed by atoms with Gasteiger partial charge in [0.25, 0.3) is 0 Å². The van der Waals surface area contributed by atoms with Crippen LogP contribution in [0.25, 0.3) is 21.8 Å². The van der Waals surface area contributed by atoms with Crippen molar-refractivity contribution in [3.05, 3.63) is 71.0 Å². The molecule has 33 heavy (non-hydrogen) atoms. The lowest BCUT2D eigenvalue weighted by atomic mass is 9.74. The van der Waals surface area contributed by atoms with Crippen LogP contribution in [0, 0.1) is 11.8 Å². The lowest BCUT2D eigenvalue weighted by Gasteiger charge is -2.47. The maximum absolute atomic E-state index is 3.89. The Morgan fingerprint density at radius 3 is 2.30 bits per heavy atom. The molecular weight excluding hydrogens is 404 g/mol. The van der Waals surface area contributed by atoms with Crippen LogP contribution in [0.5, 0.6) is 0 Å². The highest BCUT2D eigenvalue weighted by molar-refractivity contribution is 5.86. The van der Waals surface area contributed by atoms with Crippen molar-refractivity contribution in [1.82, 2.24) is 20.2 Å². The highest BCUT2D eigenvalue weighted by atomic mass is 15.2. The summed E-state index contributed by atoms with van der Waals surface area (Å²) in [6.45, 7) is 5.94. The first kappa shape index (κ1) is 19.9. The maximum Gasteiger partial charge on any atom is 0.0504 e. The van der Waals surface area contributed by atoms with Gasteiger partial charge in [0.2, 0.25) is 0 Å². The Balaban J connectivity index is 1.21. The van der Waals surface area contributed by atoms with Gasteiger partial charge in [-0.15, -0.1) is 0 Å². The van der Waals surface area contributed by atoms with Gasteiger partial charge in [-0.2, -0.15) is 0 Å². The number of nitrogens with zero attached hydrogens (tertiary/aromatic N) is 1. The minimum Gasteiger partial charge on any atom is -0.357 e. The van der Waals surface area contributed by atoms with Crippen molar-refractivity contribution in [2.45, 2.75) is 51.1 Å². The van der Waals surface area contributed by atoms with Crippen LogP contribution in [0.2, 0.25) is 0 Å². The van der Waals surface area contributed by atoms with E-state index >= 15 is 0 Å². The zero-order valence-corrected chi connectivity index (χ0v) is 19.5. The molecule has 4 atom stereocenters. The standard InChI is InChI=1S/C29H34N4/c1-2-18-17-33-14-12-23-21-8-4-6-10-25(21)32-29(23)27(33)16-19(18)15-26-28-22(11-13-30-26)20-7-3-5-9-24(20)31-28/h3-10,18-19,26-27,30-32H,2,11-17H2,1H3/t18?,19-,26-,27-/m0/s1. The average molecular weight is 439 g/mol. The van der Waals surface area contributed by atoms with Gasteiger partial charge in [0.15, 0.2) is 0 Å². The van der Waals surface area contributed by atoms with Gasteiger partial charge in [0.1, 0.15) is 0 Å². The Hall–Kier alpha value is -2.56. The van der Waals surface area contributed by atoms with E-state index in [1.54, 1.807) is 11.1 Å². The summed E-state index contributed by atoms with van der Waals surface area (Å²) in [6, 6.07) is 18.7. The van der Waals surface area contributed by atoms with Crippen molar-refractivity contribution < 1.29 is 0 Å². The fourth-order valence-corrected chi connectivity index (χ4v) is 7.30. The first-order chi connectivity index (χ1) is 16.3. The van der Waals surface area contributed by atoms with Crippen LogP contribution >= 0.6 is 0 Å². The summed E-state index contributed by atoms with van der Waals surface area (Å²) < 4.78 is 0. The number of rotatable bonds is 3. The molecule has 2 aromatic carbocycles. The van der Waals surface area contributed by atoms with E-state index in [1.807, 2.05) is 0 Å². The molecule has 4 aromatic rings. The number of aromatic nitrogens is 2. The van der Waals surface area contributed by atoms with Crippen LogP contribution in [0.4, 0.5) is 0 Å². The van der Waals surface area contributed by atoms with Gasteiger partial charge in [0, 0.05) is 52.3 Å². The molecular formula is C29H34N4. The number of H-pyrrole nitrogens is 2. The molecule has 4 nitrogen and oxygen atoms in total. The molecule has 4 heteroatoms. The molecule has 5 heterocycles. The first-order valence-corrected chi connectivity index (χ1v) is 13.0. The summed E-state index contributed by atoms with van der Waals surface area (Å²) in [6.07, 6.45) is 6.09. The molecule has 3 N–H and O–H groups in total. The zero-order valence-electron chi connectivity index (χ0n) is 19.5. The lowest BCUT2D eigenvalue weighted by molar-refractivity contribution is 0.0419.